The van der Waals surface area contributed by atoms with Gasteiger partial charge in [-0.25, -0.2) is 4.98 Å². The van der Waals surface area contributed by atoms with Crippen molar-refractivity contribution in [3.8, 4) is 5.75 Å². The first-order valence-electron chi connectivity index (χ1n) is 5.58. The highest BCUT2D eigenvalue weighted by Crippen LogP contribution is 2.27. The average molecular weight is 281 g/mol. The normalized spacial score (nSPS) is 11.3. The Bertz CT molecular complexity index is 692. The highest BCUT2D eigenvalue weighted by Gasteiger charge is 2.19. The Kier molecular flexibility index (Phi) is 3.48. The molecule has 0 bridgehead atoms. The van der Waals surface area contributed by atoms with Crippen molar-refractivity contribution in [2.75, 3.05) is 11.8 Å². The van der Waals surface area contributed by atoms with Gasteiger partial charge in [-0.15, -0.1) is 0 Å². The number of aromatic nitrogens is 2. The number of rotatable bonds is 4. The molecule has 0 atom stereocenters. The fraction of sp³-hybridized carbons (Fsp3) is 0.250. The number of methoxy groups -OCH3 is 1. The van der Waals surface area contributed by atoms with Crippen molar-refractivity contribution in [3.63, 3.8) is 0 Å². The summed E-state index contributed by atoms with van der Waals surface area (Å²) >= 11 is 0. The predicted molar refractivity (Wildman–Crippen MR) is 71.7 cm³/mol. The standard InChI is InChI=1S/C12H15N3O3S/c1-9-4-5-11(18-3)10(6-9)14-19(16,17)12-7-15(2)8-13-12/h4-8,14H,1-3H3. The first-order valence-corrected chi connectivity index (χ1v) is 7.06. The molecule has 0 saturated carbocycles. The van der Waals surface area contributed by atoms with Gasteiger partial charge in [-0.1, -0.05) is 6.07 Å². The fourth-order valence-electron chi connectivity index (χ4n) is 1.63. The lowest BCUT2D eigenvalue weighted by Gasteiger charge is -2.11. The predicted octanol–water partition coefficient (Wildman–Crippen LogP) is 1.54. The number of benzene rings is 1. The van der Waals surface area contributed by atoms with Gasteiger partial charge in [-0.3, -0.25) is 4.72 Å². The van der Waals surface area contributed by atoms with E-state index in [9.17, 15) is 8.42 Å². The third kappa shape index (κ3) is 2.87. The molecule has 0 unspecified atom stereocenters. The van der Waals surface area contributed by atoms with Crippen LogP contribution in [0.1, 0.15) is 5.56 Å². The van der Waals surface area contributed by atoms with Crippen molar-refractivity contribution >= 4 is 15.7 Å². The van der Waals surface area contributed by atoms with Gasteiger partial charge in [0.2, 0.25) is 0 Å². The van der Waals surface area contributed by atoms with Crippen LogP contribution in [0.25, 0.3) is 0 Å². The van der Waals surface area contributed by atoms with E-state index in [4.69, 9.17) is 4.74 Å². The topological polar surface area (TPSA) is 73.2 Å². The van der Waals surface area contributed by atoms with Crippen LogP contribution in [0.15, 0.2) is 35.7 Å². The van der Waals surface area contributed by atoms with Crippen molar-refractivity contribution in [2.24, 2.45) is 7.05 Å². The zero-order valence-electron chi connectivity index (χ0n) is 10.9. The highest BCUT2D eigenvalue weighted by atomic mass is 32.2. The van der Waals surface area contributed by atoms with E-state index in [0.29, 0.717) is 11.4 Å². The number of nitrogens with one attached hydrogen (secondary N) is 1. The zero-order valence-corrected chi connectivity index (χ0v) is 11.7. The molecule has 1 aromatic heterocycles. The third-order valence-corrected chi connectivity index (χ3v) is 3.81. The molecule has 2 rings (SSSR count). The molecule has 0 spiro atoms. The molecule has 0 aliphatic rings. The molecule has 102 valence electrons. The molecule has 6 nitrogen and oxygen atoms in total. The number of hydrogen-bond acceptors (Lipinski definition) is 4. The first-order chi connectivity index (χ1) is 8.92. The molecular formula is C12H15N3O3S. The smallest absolute Gasteiger partial charge is 0.281 e. The molecule has 0 saturated heterocycles. The van der Waals surface area contributed by atoms with Crippen molar-refractivity contribution in [1.82, 2.24) is 9.55 Å². The van der Waals surface area contributed by atoms with Crippen LogP contribution in [0, 0.1) is 6.92 Å². The van der Waals surface area contributed by atoms with Crippen LogP contribution in [0.5, 0.6) is 5.75 Å². The molecule has 1 N–H and O–H groups in total. The van der Waals surface area contributed by atoms with Gasteiger partial charge in [-0.2, -0.15) is 8.42 Å². The Morgan fingerprint density at radius 3 is 2.68 bits per heavy atom. The number of ether oxygens (including phenoxy) is 1. The largest absolute Gasteiger partial charge is 0.495 e. The molecular weight excluding hydrogens is 266 g/mol. The number of imidazole rings is 1. The molecule has 7 heteroatoms. The summed E-state index contributed by atoms with van der Waals surface area (Å²) in [5, 5.41) is -0.0291. The van der Waals surface area contributed by atoms with E-state index in [1.54, 1.807) is 23.7 Å². The van der Waals surface area contributed by atoms with Gasteiger partial charge in [-0.05, 0) is 24.6 Å². The van der Waals surface area contributed by atoms with Crippen molar-refractivity contribution in [2.45, 2.75) is 11.9 Å². The third-order valence-electron chi connectivity index (χ3n) is 2.56. The van der Waals surface area contributed by atoms with E-state index < -0.39 is 10.0 Å². The van der Waals surface area contributed by atoms with E-state index in [2.05, 4.69) is 9.71 Å². The summed E-state index contributed by atoms with van der Waals surface area (Å²) in [5.41, 5.74) is 1.33. The van der Waals surface area contributed by atoms with Gasteiger partial charge < -0.3 is 9.30 Å². The second-order valence-electron chi connectivity index (χ2n) is 4.19. The molecule has 0 fully saturated rings. The van der Waals surface area contributed by atoms with E-state index in [-0.39, 0.29) is 5.03 Å². The second-order valence-corrected chi connectivity index (χ2v) is 5.82. The molecule has 0 aliphatic carbocycles. The summed E-state index contributed by atoms with van der Waals surface area (Å²) < 4.78 is 33.5. The van der Waals surface area contributed by atoms with E-state index >= 15 is 0 Å². The van der Waals surface area contributed by atoms with Crippen LogP contribution < -0.4 is 9.46 Å². The Balaban J connectivity index is 2.38. The average Bonchev–Trinajstić information content (AvgIpc) is 2.76. The minimum atomic E-state index is -3.70. The van der Waals surface area contributed by atoms with E-state index in [0.717, 1.165) is 5.56 Å². The Morgan fingerprint density at radius 2 is 2.11 bits per heavy atom. The monoisotopic (exact) mass is 281 g/mol. The van der Waals surface area contributed by atoms with Gasteiger partial charge in [0.05, 0.1) is 19.1 Å². The highest BCUT2D eigenvalue weighted by molar-refractivity contribution is 7.92. The minimum absolute atomic E-state index is 0.0291. The van der Waals surface area contributed by atoms with Gasteiger partial charge >= 0.3 is 0 Å². The lowest BCUT2D eigenvalue weighted by atomic mass is 10.2. The second kappa shape index (κ2) is 4.93. The van der Waals surface area contributed by atoms with Crippen LogP contribution >= 0.6 is 0 Å². The maximum Gasteiger partial charge on any atom is 0.281 e. The number of aryl methyl sites for hydroxylation is 2. The fourth-order valence-corrected chi connectivity index (χ4v) is 2.67. The number of nitrogens with zero attached hydrogens (tertiary/aromatic N) is 2. The van der Waals surface area contributed by atoms with Crippen LogP contribution in [-0.2, 0) is 17.1 Å². The van der Waals surface area contributed by atoms with Gasteiger partial charge in [0.1, 0.15) is 5.75 Å². The summed E-state index contributed by atoms with van der Waals surface area (Å²) in [6, 6.07) is 5.27. The molecule has 0 radical (unpaired) electrons. The van der Waals surface area contributed by atoms with E-state index in [1.165, 1.54) is 19.6 Å². The maximum absolute atomic E-state index is 12.2. The molecule has 2 aromatic rings. The number of sulfonamides is 1. The van der Waals surface area contributed by atoms with E-state index in [1.807, 2.05) is 13.0 Å². The van der Waals surface area contributed by atoms with Crippen LogP contribution in [0.2, 0.25) is 0 Å². The number of hydrogen-bond donors (Lipinski definition) is 1. The summed E-state index contributed by atoms with van der Waals surface area (Å²) in [6.45, 7) is 1.87. The lowest BCUT2D eigenvalue weighted by Crippen LogP contribution is -2.14. The molecule has 1 aromatic carbocycles. The van der Waals surface area contributed by atoms with Crippen LogP contribution in [0.4, 0.5) is 5.69 Å². The Labute approximate surface area is 112 Å². The minimum Gasteiger partial charge on any atom is -0.495 e. The van der Waals surface area contributed by atoms with Crippen molar-refractivity contribution in [1.29, 1.82) is 0 Å². The summed E-state index contributed by atoms with van der Waals surface area (Å²) in [7, 11) is -0.507. The zero-order chi connectivity index (χ0) is 14.0. The molecule has 19 heavy (non-hydrogen) atoms. The quantitative estimate of drug-likeness (QED) is 0.922. The first kappa shape index (κ1) is 13.4. The summed E-state index contributed by atoms with van der Waals surface area (Å²) in [6.07, 6.45) is 2.87. The SMILES string of the molecule is COc1ccc(C)cc1NS(=O)(=O)c1cn(C)cn1. The lowest BCUT2D eigenvalue weighted by molar-refractivity contribution is 0.417. The Morgan fingerprint density at radius 1 is 1.37 bits per heavy atom. The van der Waals surface area contributed by atoms with Gasteiger partial charge in [0.15, 0.2) is 5.03 Å². The van der Waals surface area contributed by atoms with Crippen LogP contribution in [0.3, 0.4) is 0 Å². The van der Waals surface area contributed by atoms with Crippen molar-refractivity contribution < 1.29 is 13.2 Å². The van der Waals surface area contributed by atoms with Crippen LogP contribution in [-0.4, -0.2) is 25.1 Å². The van der Waals surface area contributed by atoms with Gasteiger partial charge in [0.25, 0.3) is 10.0 Å². The van der Waals surface area contributed by atoms with Crippen molar-refractivity contribution in [3.05, 3.63) is 36.3 Å². The van der Waals surface area contributed by atoms with Gasteiger partial charge in [0, 0.05) is 13.2 Å². The molecule has 0 aliphatic heterocycles. The molecule has 1 heterocycles. The summed E-state index contributed by atoms with van der Waals surface area (Å²) in [4.78, 5) is 3.83. The maximum atomic E-state index is 12.2. The Hall–Kier alpha value is -2.02. The summed E-state index contributed by atoms with van der Waals surface area (Å²) in [5.74, 6) is 0.463. The molecule has 0 amide bonds. The number of anilines is 1.